The fourth-order valence-corrected chi connectivity index (χ4v) is 7.53. The van der Waals surface area contributed by atoms with Crippen molar-refractivity contribution in [3.63, 3.8) is 0 Å². The van der Waals surface area contributed by atoms with Gasteiger partial charge in [0, 0.05) is 68.8 Å². The van der Waals surface area contributed by atoms with Crippen LogP contribution in [-0.4, -0.2) is 108 Å². The number of carbonyl (C=O) groups is 7. The average Bonchev–Trinajstić information content (AvgIpc) is 3.68. The molecule has 1 saturated heterocycles. The van der Waals surface area contributed by atoms with Crippen LogP contribution in [0.5, 0.6) is 0 Å². The van der Waals surface area contributed by atoms with Gasteiger partial charge in [-0.25, -0.2) is 0 Å². The Morgan fingerprint density at radius 3 is 1.84 bits per heavy atom. The Balaban J connectivity index is 1.51. The second-order valence-corrected chi connectivity index (χ2v) is 15.8. The van der Waals surface area contributed by atoms with Gasteiger partial charge in [0.15, 0.2) is 5.96 Å². The minimum atomic E-state index is -1.27. The monoisotopic (exact) mass is 877 g/mol. The van der Waals surface area contributed by atoms with Gasteiger partial charge < -0.3 is 53.7 Å². The van der Waals surface area contributed by atoms with E-state index in [1.54, 1.807) is 30.5 Å². The smallest absolute Gasteiger partial charge is 0.245 e. The fraction of sp³-hybridized carbons (Fsp3) is 0.391. The van der Waals surface area contributed by atoms with E-state index in [0.29, 0.717) is 24.0 Å². The van der Waals surface area contributed by atoms with Gasteiger partial charge in [0.2, 0.25) is 41.4 Å². The van der Waals surface area contributed by atoms with Crippen LogP contribution in [0.15, 0.2) is 96.1 Å². The van der Waals surface area contributed by atoms with Crippen LogP contribution in [0.1, 0.15) is 61.6 Å². The number of aromatic nitrogens is 1. The molecule has 0 unspecified atom stereocenters. The molecule has 0 saturated carbocycles. The van der Waals surface area contributed by atoms with E-state index >= 15 is 0 Å². The van der Waals surface area contributed by atoms with Gasteiger partial charge >= 0.3 is 0 Å². The summed E-state index contributed by atoms with van der Waals surface area (Å²) in [6.07, 6.45) is 3.32. The van der Waals surface area contributed by atoms with Crippen LogP contribution in [0.3, 0.4) is 0 Å². The first-order valence-electron chi connectivity index (χ1n) is 21.6. The first-order valence-corrected chi connectivity index (χ1v) is 21.6. The van der Waals surface area contributed by atoms with Crippen LogP contribution >= 0.6 is 0 Å². The second-order valence-electron chi connectivity index (χ2n) is 15.8. The third-order valence-electron chi connectivity index (χ3n) is 10.8. The molecule has 7 amide bonds. The maximum absolute atomic E-state index is 14.5. The molecule has 3 aromatic carbocycles. The standard InChI is InChI=1S/C46H59N11O7/c47-39(58)29-57-24-12-23-50-40(59)20-9-10-21-41(60)53-36(25-30-13-3-1-4-14-30)43(62)55-37(26-31-15-5-2-6-16-31)44(63)54-35(19-11-22-51-46(48)49)42(61)56-38(45(57)64)27-32-28-52-34-18-8-7-17-33(32)34/h1-8,13-18,28,35-38,52H,9-12,19-27,29H2,(H2,47,58)(H,50,59)(H,53,60)(H,54,63)(H,55,62)(H,56,61)(H4,48,49,51)/t35-,36-,37+,38-/m0/s1. The van der Waals surface area contributed by atoms with E-state index in [1.807, 2.05) is 60.7 Å². The van der Waals surface area contributed by atoms with Gasteiger partial charge in [0.25, 0.3) is 0 Å². The molecule has 1 fully saturated rings. The predicted octanol–water partition coefficient (Wildman–Crippen LogP) is 0.583. The Hall–Kier alpha value is -7.24. The minimum Gasteiger partial charge on any atom is -0.370 e. The highest BCUT2D eigenvalue weighted by Gasteiger charge is 2.33. The lowest BCUT2D eigenvalue weighted by Gasteiger charge is -2.29. The third kappa shape index (κ3) is 15.3. The lowest BCUT2D eigenvalue weighted by molar-refractivity contribution is -0.139. The Kier molecular flexibility index (Phi) is 18.2. The summed E-state index contributed by atoms with van der Waals surface area (Å²) in [6, 6.07) is 20.7. The maximum Gasteiger partial charge on any atom is 0.245 e. The number of carbonyl (C=O) groups excluding carboxylic acids is 7. The highest BCUT2D eigenvalue weighted by atomic mass is 16.2. The number of aliphatic imine (C=N–C) groups is 1. The van der Waals surface area contributed by atoms with Crippen molar-refractivity contribution in [2.75, 3.05) is 26.2 Å². The summed E-state index contributed by atoms with van der Waals surface area (Å²) in [5, 5.41) is 15.0. The molecule has 12 N–H and O–H groups in total. The van der Waals surface area contributed by atoms with E-state index in [1.165, 1.54) is 4.90 Å². The van der Waals surface area contributed by atoms with Crippen molar-refractivity contribution in [1.82, 2.24) is 36.5 Å². The minimum absolute atomic E-state index is 0.00351. The largest absolute Gasteiger partial charge is 0.370 e. The van der Waals surface area contributed by atoms with Crippen molar-refractivity contribution >= 4 is 58.2 Å². The molecular formula is C46H59N11O7. The summed E-state index contributed by atoms with van der Waals surface area (Å²) in [7, 11) is 0. The zero-order valence-corrected chi connectivity index (χ0v) is 35.9. The van der Waals surface area contributed by atoms with E-state index in [0.717, 1.165) is 16.5 Å². The number of fused-ring (bicyclic) bond motifs is 1. The summed E-state index contributed by atoms with van der Waals surface area (Å²) in [6.45, 7) is -0.147. The number of primary amides is 1. The number of aromatic amines is 1. The lowest BCUT2D eigenvalue weighted by Crippen LogP contribution is -2.59. The first-order chi connectivity index (χ1) is 30.9. The van der Waals surface area contributed by atoms with E-state index in [2.05, 4.69) is 36.6 Å². The molecule has 340 valence electrons. The Morgan fingerprint density at radius 2 is 1.20 bits per heavy atom. The second kappa shape index (κ2) is 24.4. The summed E-state index contributed by atoms with van der Waals surface area (Å²) in [4.78, 5) is 105. The molecule has 4 aromatic rings. The normalized spacial score (nSPS) is 20.3. The number of benzene rings is 3. The van der Waals surface area contributed by atoms with E-state index in [4.69, 9.17) is 17.2 Å². The molecule has 1 aliphatic heterocycles. The SMILES string of the molecule is NC(=O)CN1CCCNC(=O)CCCCC(=O)N[C@@H](Cc2ccccc2)C(=O)N[C@H](Cc2ccccc2)C(=O)N[C@@H](CCCN=C(N)N)C(=O)N[C@@H](Cc2c[nH]c3ccccc23)C1=O. The number of nitrogens with one attached hydrogen (secondary N) is 6. The molecule has 18 heteroatoms. The Morgan fingerprint density at radius 1 is 0.641 bits per heavy atom. The number of amides is 7. The summed E-state index contributed by atoms with van der Waals surface area (Å²) < 4.78 is 0. The number of nitrogens with zero attached hydrogens (tertiary/aromatic N) is 2. The summed E-state index contributed by atoms with van der Waals surface area (Å²) in [5.74, 6) is -4.26. The van der Waals surface area contributed by atoms with Gasteiger partial charge in [0.1, 0.15) is 24.2 Å². The number of hydrogen-bond donors (Lipinski definition) is 9. The highest BCUT2D eigenvalue weighted by Crippen LogP contribution is 2.20. The van der Waals surface area contributed by atoms with Crippen LogP contribution in [0.25, 0.3) is 10.9 Å². The van der Waals surface area contributed by atoms with Crippen LogP contribution < -0.4 is 43.8 Å². The van der Waals surface area contributed by atoms with Crippen molar-refractivity contribution in [2.45, 2.75) is 88.4 Å². The molecule has 2 heterocycles. The zero-order valence-electron chi connectivity index (χ0n) is 35.9. The highest BCUT2D eigenvalue weighted by molar-refractivity contribution is 5.96. The van der Waals surface area contributed by atoms with Crippen LogP contribution in [0.4, 0.5) is 0 Å². The first kappa shape index (κ1) is 47.8. The number of hydrogen-bond acceptors (Lipinski definition) is 8. The summed E-state index contributed by atoms with van der Waals surface area (Å²) >= 11 is 0. The molecular weight excluding hydrogens is 819 g/mol. The number of nitrogens with two attached hydrogens (primary N) is 3. The molecule has 64 heavy (non-hydrogen) atoms. The molecule has 1 aromatic heterocycles. The van der Waals surface area contributed by atoms with Crippen LogP contribution in [0.2, 0.25) is 0 Å². The summed E-state index contributed by atoms with van der Waals surface area (Å²) in [5.41, 5.74) is 19.7. The van der Waals surface area contributed by atoms with Gasteiger partial charge in [-0.2, -0.15) is 0 Å². The number of H-pyrrole nitrogens is 1. The fourth-order valence-electron chi connectivity index (χ4n) is 7.53. The zero-order chi connectivity index (χ0) is 45.8. The maximum atomic E-state index is 14.5. The van der Waals surface area contributed by atoms with Gasteiger partial charge in [-0.1, -0.05) is 78.9 Å². The number of rotatable bonds is 12. The van der Waals surface area contributed by atoms with E-state index in [9.17, 15) is 33.6 Å². The number of para-hydroxylation sites is 1. The van der Waals surface area contributed by atoms with E-state index < -0.39 is 66.2 Å². The predicted molar refractivity (Wildman–Crippen MR) is 242 cm³/mol. The van der Waals surface area contributed by atoms with Crippen LogP contribution in [0, 0.1) is 0 Å². The van der Waals surface area contributed by atoms with Crippen molar-refractivity contribution in [1.29, 1.82) is 0 Å². The van der Waals surface area contributed by atoms with Gasteiger partial charge in [-0.05, 0) is 54.9 Å². The molecule has 0 spiro atoms. The quantitative estimate of drug-likeness (QED) is 0.0546. The van der Waals surface area contributed by atoms with Crippen LogP contribution in [-0.2, 0) is 52.8 Å². The Bertz CT molecular complexity index is 2250. The molecule has 4 atom stereocenters. The third-order valence-corrected chi connectivity index (χ3v) is 10.8. The van der Waals surface area contributed by atoms with Crippen molar-refractivity contribution < 1.29 is 33.6 Å². The van der Waals surface area contributed by atoms with Crippen molar-refractivity contribution in [2.24, 2.45) is 22.2 Å². The molecule has 1 aliphatic rings. The molecule has 5 rings (SSSR count). The van der Waals surface area contributed by atoms with E-state index in [-0.39, 0.29) is 82.9 Å². The van der Waals surface area contributed by atoms with Gasteiger partial charge in [0.05, 0.1) is 6.54 Å². The topological polar surface area (TPSA) is 289 Å². The molecule has 0 radical (unpaired) electrons. The Labute approximate surface area is 371 Å². The lowest BCUT2D eigenvalue weighted by atomic mass is 10.0. The molecule has 0 aliphatic carbocycles. The van der Waals surface area contributed by atoms with Gasteiger partial charge in [-0.3, -0.25) is 38.6 Å². The van der Waals surface area contributed by atoms with Crippen molar-refractivity contribution in [3.8, 4) is 0 Å². The molecule has 18 nitrogen and oxygen atoms in total. The van der Waals surface area contributed by atoms with Crippen molar-refractivity contribution in [3.05, 3.63) is 108 Å². The molecule has 0 bridgehead atoms. The van der Waals surface area contributed by atoms with Gasteiger partial charge in [-0.15, -0.1) is 0 Å². The average molecular weight is 878 g/mol. The number of guanidine groups is 1.